The SMILES string of the molecule is CS(=O)(=O)N1CCC(C(=O)NC2CCCCC2CN)CC1. The predicted octanol–water partition coefficient (Wildman–Crippen LogP) is 0.292. The van der Waals surface area contributed by atoms with Crippen molar-refractivity contribution in [1.82, 2.24) is 9.62 Å². The lowest BCUT2D eigenvalue weighted by Crippen LogP contribution is -2.49. The highest BCUT2D eigenvalue weighted by Crippen LogP contribution is 2.25. The molecule has 2 atom stereocenters. The van der Waals surface area contributed by atoms with E-state index in [-0.39, 0.29) is 17.9 Å². The number of sulfonamides is 1. The quantitative estimate of drug-likeness (QED) is 0.779. The Morgan fingerprint density at radius 3 is 2.38 bits per heavy atom. The Morgan fingerprint density at radius 2 is 1.81 bits per heavy atom. The zero-order valence-corrected chi connectivity index (χ0v) is 13.6. The number of nitrogens with one attached hydrogen (secondary N) is 1. The predicted molar refractivity (Wildman–Crippen MR) is 82.1 cm³/mol. The van der Waals surface area contributed by atoms with Crippen LogP contribution in [0.3, 0.4) is 0 Å². The van der Waals surface area contributed by atoms with E-state index in [0.717, 1.165) is 19.3 Å². The van der Waals surface area contributed by atoms with Gasteiger partial charge in [0.15, 0.2) is 0 Å². The van der Waals surface area contributed by atoms with Crippen LogP contribution in [0.15, 0.2) is 0 Å². The molecule has 1 saturated heterocycles. The fourth-order valence-corrected chi connectivity index (χ4v) is 4.30. The first kappa shape index (κ1) is 16.7. The molecule has 122 valence electrons. The summed E-state index contributed by atoms with van der Waals surface area (Å²) in [5.41, 5.74) is 5.79. The van der Waals surface area contributed by atoms with E-state index in [1.54, 1.807) is 0 Å². The molecule has 1 amide bonds. The smallest absolute Gasteiger partial charge is 0.223 e. The summed E-state index contributed by atoms with van der Waals surface area (Å²) in [6, 6.07) is 0.198. The van der Waals surface area contributed by atoms with Gasteiger partial charge in [-0.2, -0.15) is 0 Å². The minimum absolute atomic E-state index is 0.0663. The van der Waals surface area contributed by atoms with Crippen LogP contribution in [0.5, 0.6) is 0 Å². The molecule has 3 N–H and O–H groups in total. The maximum atomic E-state index is 12.4. The molecule has 21 heavy (non-hydrogen) atoms. The van der Waals surface area contributed by atoms with E-state index < -0.39 is 10.0 Å². The normalized spacial score (nSPS) is 29.2. The van der Waals surface area contributed by atoms with Gasteiger partial charge in [-0.05, 0) is 38.1 Å². The molecule has 0 radical (unpaired) electrons. The third-order valence-electron chi connectivity index (χ3n) is 4.83. The fourth-order valence-electron chi connectivity index (χ4n) is 3.43. The van der Waals surface area contributed by atoms with Crippen LogP contribution in [0, 0.1) is 11.8 Å². The molecule has 6 nitrogen and oxygen atoms in total. The van der Waals surface area contributed by atoms with Gasteiger partial charge in [0, 0.05) is 25.0 Å². The molecule has 1 aliphatic heterocycles. The van der Waals surface area contributed by atoms with E-state index >= 15 is 0 Å². The van der Waals surface area contributed by atoms with Crippen LogP contribution < -0.4 is 11.1 Å². The summed E-state index contributed by atoms with van der Waals surface area (Å²) in [6.45, 7) is 1.52. The Balaban J connectivity index is 1.84. The zero-order chi connectivity index (χ0) is 15.5. The summed E-state index contributed by atoms with van der Waals surface area (Å²) in [5, 5.41) is 3.16. The highest BCUT2D eigenvalue weighted by atomic mass is 32.2. The maximum absolute atomic E-state index is 12.4. The number of carbonyl (C=O) groups excluding carboxylic acids is 1. The number of hydrogen-bond acceptors (Lipinski definition) is 4. The molecule has 1 saturated carbocycles. The molecule has 0 aromatic rings. The van der Waals surface area contributed by atoms with Crippen molar-refractivity contribution < 1.29 is 13.2 Å². The molecule has 2 unspecified atom stereocenters. The average molecular weight is 317 g/mol. The second-order valence-corrected chi connectivity index (χ2v) is 8.31. The van der Waals surface area contributed by atoms with Crippen molar-refractivity contribution in [2.75, 3.05) is 25.9 Å². The van der Waals surface area contributed by atoms with E-state index in [1.807, 2.05) is 0 Å². The summed E-state index contributed by atoms with van der Waals surface area (Å²) >= 11 is 0. The van der Waals surface area contributed by atoms with Crippen LogP contribution in [0.2, 0.25) is 0 Å². The standard InChI is InChI=1S/C14H27N3O3S/c1-21(19,20)17-8-6-11(7-9-17)14(18)16-13-5-3-2-4-12(13)10-15/h11-13H,2-10,15H2,1H3,(H,16,18). The first-order valence-electron chi connectivity index (χ1n) is 7.87. The highest BCUT2D eigenvalue weighted by molar-refractivity contribution is 7.88. The molecule has 7 heteroatoms. The summed E-state index contributed by atoms with van der Waals surface area (Å²) in [6.07, 6.45) is 6.89. The van der Waals surface area contributed by atoms with Gasteiger partial charge in [0.2, 0.25) is 15.9 Å². The Kier molecular flexibility index (Phi) is 5.62. The summed E-state index contributed by atoms with van der Waals surface area (Å²) < 4.78 is 24.4. The van der Waals surface area contributed by atoms with Gasteiger partial charge < -0.3 is 11.1 Å². The van der Waals surface area contributed by atoms with Crippen molar-refractivity contribution in [2.24, 2.45) is 17.6 Å². The minimum Gasteiger partial charge on any atom is -0.353 e. The average Bonchev–Trinajstić information content (AvgIpc) is 2.47. The van der Waals surface area contributed by atoms with E-state index in [0.29, 0.717) is 38.4 Å². The van der Waals surface area contributed by atoms with Crippen LogP contribution in [0.1, 0.15) is 38.5 Å². The Morgan fingerprint density at radius 1 is 1.19 bits per heavy atom. The molecular formula is C14H27N3O3S. The first-order chi connectivity index (χ1) is 9.91. The molecule has 1 heterocycles. The lowest BCUT2D eigenvalue weighted by molar-refractivity contribution is -0.127. The highest BCUT2D eigenvalue weighted by Gasteiger charge is 2.32. The largest absolute Gasteiger partial charge is 0.353 e. The van der Waals surface area contributed by atoms with E-state index in [9.17, 15) is 13.2 Å². The number of nitrogens with two attached hydrogens (primary N) is 1. The third kappa shape index (κ3) is 4.40. The molecule has 1 aliphatic carbocycles. The van der Waals surface area contributed by atoms with Gasteiger partial charge in [-0.1, -0.05) is 12.8 Å². The number of amides is 1. The molecule has 0 aromatic heterocycles. The molecule has 0 bridgehead atoms. The van der Waals surface area contributed by atoms with E-state index in [2.05, 4.69) is 5.32 Å². The molecule has 2 fully saturated rings. The van der Waals surface area contributed by atoms with Crippen LogP contribution in [0.4, 0.5) is 0 Å². The number of piperidine rings is 1. The van der Waals surface area contributed by atoms with Gasteiger partial charge >= 0.3 is 0 Å². The summed E-state index contributed by atoms with van der Waals surface area (Å²) in [7, 11) is -3.13. The Labute approximate surface area is 127 Å². The molecule has 2 rings (SSSR count). The second kappa shape index (κ2) is 7.07. The van der Waals surface area contributed by atoms with Crippen molar-refractivity contribution in [3.63, 3.8) is 0 Å². The Bertz CT molecular complexity index is 458. The first-order valence-corrected chi connectivity index (χ1v) is 9.72. The van der Waals surface area contributed by atoms with Crippen molar-refractivity contribution >= 4 is 15.9 Å². The molecular weight excluding hydrogens is 290 g/mol. The lowest BCUT2D eigenvalue weighted by Gasteiger charge is -2.34. The Hall–Kier alpha value is -0.660. The maximum Gasteiger partial charge on any atom is 0.223 e. The number of rotatable bonds is 4. The summed E-state index contributed by atoms with van der Waals surface area (Å²) in [4.78, 5) is 12.4. The lowest BCUT2D eigenvalue weighted by atomic mass is 9.84. The van der Waals surface area contributed by atoms with Gasteiger partial charge in [-0.25, -0.2) is 12.7 Å². The van der Waals surface area contributed by atoms with Crippen molar-refractivity contribution in [3.05, 3.63) is 0 Å². The van der Waals surface area contributed by atoms with Crippen molar-refractivity contribution in [2.45, 2.75) is 44.6 Å². The van der Waals surface area contributed by atoms with Crippen LogP contribution in [-0.2, 0) is 14.8 Å². The van der Waals surface area contributed by atoms with E-state index in [1.165, 1.54) is 17.0 Å². The number of hydrogen-bond donors (Lipinski definition) is 2. The third-order valence-corrected chi connectivity index (χ3v) is 6.14. The van der Waals surface area contributed by atoms with Gasteiger partial charge in [0.1, 0.15) is 0 Å². The van der Waals surface area contributed by atoms with Gasteiger partial charge in [-0.15, -0.1) is 0 Å². The van der Waals surface area contributed by atoms with E-state index in [4.69, 9.17) is 5.73 Å². The number of carbonyl (C=O) groups is 1. The van der Waals surface area contributed by atoms with Gasteiger partial charge in [0.05, 0.1) is 6.26 Å². The monoisotopic (exact) mass is 317 g/mol. The van der Waals surface area contributed by atoms with Crippen molar-refractivity contribution in [1.29, 1.82) is 0 Å². The molecule has 0 spiro atoms. The molecule has 2 aliphatic rings. The fraction of sp³-hybridized carbons (Fsp3) is 0.929. The minimum atomic E-state index is -3.13. The second-order valence-electron chi connectivity index (χ2n) is 6.33. The van der Waals surface area contributed by atoms with Gasteiger partial charge in [-0.3, -0.25) is 4.79 Å². The molecule has 0 aromatic carbocycles. The van der Waals surface area contributed by atoms with Crippen LogP contribution >= 0.6 is 0 Å². The number of nitrogens with zero attached hydrogens (tertiary/aromatic N) is 1. The van der Waals surface area contributed by atoms with Crippen molar-refractivity contribution in [3.8, 4) is 0 Å². The summed E-state index contributed by atoms with van der Waals surface area (Å²) in [5.74, 6) is 0.399. The van der Waals surface area contributed by atoms with Crippen LogP contribution in [-0.4, -0.2) is 50.6 Å². The zero-order valence-electron chi connectivity index (χ0n) is 12.8. The topological polar surface area (TPSA) is 92.5 Å². The van der Waals surface area contributed by atoms with Crippen LogP contribution in [0.25, 0.3) is 0 Å². The van der Waals surface area contributed by atoms with Gasteiger partial charge in [0.25, 0.3) is 0 Å².